The second-order valence-electron chi connectivity index (χ2n) is 7.47. The molecule has 5 nitrogen and oxygen atoms in total. The number of ether oxygens (including phenoxy) is 1. The average Bonchev–Trinajstić information content (AvgIpc) is 3.10. The molecule has 0 aromatic heterocycles. The van der Waals surface area contributed by atoms with Crippen molar-refractivity contribution in [3.63, 3.8) is 0 Å². The largest absolute Gasteiger partial charge is 0.496 e. The summed E-state index contributed by atoms with van der Waals surface area (Å²) in [5.41, 5.74) is 1.97. The standard InChI is InChI=1S/C22H26FN3O2/c1-28-21-7-3-2-6-18(21)15-17-5-4-12-24(16-17)26-14-13-25(22(26)27)20-10-8-19(23)9-11-20/h2-3,6-11,17H,4-5,12-16H2,1H3/t17-/m1/s1. The van der Waals surface area contributed by atoms with Crippen molar-refractivity contribution in [3.05, 3.63) is 59.9 Å². The topological polar surface area (TPSA) is 36.0 Å². The first kappa shape index (κ1) is 18.7. The summed E-state index contributed by atoms with van der Waals surface area (Å²) in [5, 5.41) is 4.05. The molecule has 2 aromatic rings. The second-order valence-corrected chi connectivity index (χ2v) is 7.47. The van der Waals surface area contributed by atoms with Gasteiger partial charge in [0.1, 0.15) is 11.6 Å². The van der Waals surface area contributed by atoms with Gasteiger partial charge in [0, 0.05) is 25.3 Å². The molecule has 2 aliphatic heterocycles. The molecule has 0 N–H and O–H groups in total. The Morgan fingerprint density at radius 3 is 2.64 bits per heavy atom. The van der Waals surface area contributed by atoms with Gasteiger partial charge >= 0.3 is 6.03 Å². The lowest BCUT2D eigenvalue weighted by atomic mass is 9.91. The van der Waals surface area contributed by atoms with Crippen molar-refractivity contribution >= 4 is 11.7 Å². The molecular formula is C22H26FN3O2. The van der Waals surface area contributed by atoms with Crippen molar-refractivity contribution in [1.82, 2.24) is 10.0 Å². The summed E-state index contributed by atoms with van der Waals surface area (Å²) in [4.78, 5) is 14.7. The Labute approximate surface area is 165 Å². The number of halogens is 1. The van der Waals surface area contributed by atoms with Crippen LogP contribution >= 0.6 is 0 Å². The molecule has 0 saturated carbocycles. The number of benzene rings is 2. The van der Waals surface area contributed by atoms with Gasteiger partial charge in [0.2, 0.25) is 0 Å². The number of anilines is 1. The highest BCUT2D eigenvalue weighted by Gasteiger charge is 2.35. The van der Waals surface area contributed by atoms with Crippen LogP contribution in [0.1, 0.15) is 18.4 Å². The fourth-order valence-electron chi connectivity index (χ4n) is 4.26. The third kappa shape index (κ3) is 3.83. The van der Waals surface area contributed by atoms with E-state index in [4.69, 9.17) is 4.74 Å². The molecule has 1 atom stereocenters. The van der Waals surface area contributed by atoms with Gasteiger partial charge in [-0.1, -0.05) is 18.2 Å². The van der Waals surface area contributed by atoms with Crippen molar-refractivity contribution in [1.29, 1.82) is 0 Å². The smallest absolute Gasteiger partial charge is 0.339 e. The highest BCUT2D eigenvalue weighted by atomic mass is 19.1. The first-order chi connectivity index (χ1) is 13.7. The maximum atomic E-state index is 13.2. The minimum Gasteiger partial charge on any atom is -0.496 e. The summed E-state index contributed by atoms with van der Waals surface area (Å²) in [6.07, 6.45) is 3.17. The SMILES string of the molecule is COc1ccccc1C[C@H]1CCCN(N2CCN(c3ccc(F)cc3)C2=O)C1. The number of piperidine rings is 1. The zero-order valence-electron chi connectivity index (χ0n) is 16.2. The number of carbonyl (C=O) groups is 1. The van der Waals surface area contributed by atoms with Gasteiger partial charge in [0.25, 0.3) is 0 Å². The van der Waals surface area contributed by atoms with Crippen LogP contribution in [0.4, 0.5) is 14.9 Å². The Hall–Kier alpha value is -2.60. The molecule has 0 bridgehead atoms. The quantitative estimate of drug-likeness (QED) is 0.785. The molecule has 148 valence electrons. The van der Waals surface area contributed by atoms with Gasteiger partial charge in [0.05, 0.1) is 13.7 Å². The van der Waals surface area contributed by atoms with E-state index in [1.165, 1.54) is 17.7 Å². The van der Waals surface area contributed by atoms with Crippen LogP contribution in [-0.2, 0) is 6.42 Å². The molecule has 0 radical (unpaired) electrons. The molecule has 2 aliphatic rings. The van der Waals surface area contributed by atoms with Gasteiger partial charge in [-0.05, 0) is 61.1 Å². The van der Waals surface area contributed by atoms with Crippen molar-refractivity contribution in [2.45, 2.75) is 19.3 Å². The molecule has 6 heteroatoms. The summed E-state index contributed by atoms with van der Waals surface area (Å²) in [6, 6.07) is 14.3. The third-order valence-electron chi connectivity index (χ3n) is 5.67. The van der Waals surface area contributed by atoms with Gasteiger partial charge in [-0.3, -0.25) is 9.91 Å². The van der Waals surface area contributed by atoms with E-state index in [2.05, 4.69) is 11.1 Å². The minimum absolute atomic E-state index is 0.0236. The van der Waals surface area contributed by atoms with Crippen LogP contribution in [-0.4, -0.2) is 49.3 Å². The first-order valence-corrected chi connectivity index (χ1v) is 9.87. The van der Waals surface area contributed by atoms with E-state index in [0.29, 0.717) is 19.0 Å². The maximum Gasteiger partial charge on any atom is 0.339 e. The number of rotatable bonds is 5. The van der Waals surface area contributed by atoms with Gasteiger partial charge in [-0.25, -0.2) is 14.2 Å². The lowest BCUT2D eigenvalue weighted by Gasteiger charge is -2.38. The molecule has 2 saturated heterocycles. The Morgan fingerprint density at radius 1 is 1.07 bits per heavy atom. The number of para-hydroxylation sites is 1. The van der Waals surface area contributed by atoms with E-state index < -0.39 is 0 Å². The minimum atomic E-state index is -0.289. The molecule has 28 heavy (non-hydrogen) atoms. The van der Waals surface area contributed by atoms with E-state index in [-0.39, 0.29) is 11.8 Å². The van der Waals surface area contributed by atoms with Crippen LogP contribution in [0.15, 0.2) is 48.5 Å². The normalized spacial score (nSPS) is 20.6. The molecule has 2 amide bonds. The van der Waals surface area contributed by atoms with Crippen LogP contribution in [0, 0.1) is 11.7 Å². The zero-order chi connectivity index (χ0) is 19.5. The molecular weight excluding hydrogens is 357 g/mol. The number of amides is 2. The number of hydrogen-bond donors (Lipinski definition) is 0. The first-order valence-electron chi connectivity index (χ1n) is 9.87. The van der Waals surface area contributed by atoms with E-state index >= 15 is 0 Å². The zero-order valence-corrected chi connectivity index (χ0v) is 16.2. The molecule has 2 aromatic carbocycles. The number of carbonyl (C=O) groups excluding carboxylic acids is 1. The van der Waals surface area contributed by atoms with Gasteiger partial charge < -0.3 is 4.74 Å². The molecule has 4 rings (SSSR count). The maximum absolute atomic E-state index is 13.2. The van der Waals surface area contributed by atoms with Crippen LogP contribution < -0.4 is 9.64 Å². The van der Waals surface area contributed by atoms with Crippen molar-refractivity contribution in [3.8, 4) is 5.75 Å². The fraction of sp³-hybridized carbons (Fsp3) is 0.409. The summed E-state index contributed by atoms with van der Waals surface area (Å²) in [7, 11) is 1.71. The summed E-state index contributed by atoms with van der Waals surface area (Å²) < 4.78 is 18.7. The Kier molecular flexibility index (Phi) is 5.48. The molecule has 2 heterocycles. The molecule has 0 unspecified atom stereocenters. The van der Waals surface area contributed by atoms with Crippen LogP contribution in [0.5, 0.6) is 5.75 Å². The predicted octanol–water partition coefficient (Wildman–Crippen LogP) is 3.95. The number of methoxy groups -OCH3 is 1. The van der Waals surface area contributed by atoms with Gasteiger partial charge in [-0.2, -0.15) is 0 Å². The highest BCUT2D eigenvalue weighted by molar-refractivity contribution is 5.93. The third-order valence-corrected chi connectivity index (χ3v) is 5.67. The Balaban J connectivity index is 1.42. The van der Waals surface area contributed by atoms with Crippen LogP contribution in [0.2, 0.25) is 0 Å². The van der Waals surface area contributed by atoms with E-state index in [1.54, 1.807) is 24.1 Å². The fourth-order valence-corrected chi connectivity index (χ4v) is 4.26. The van der Waals surface area contributed by atoms with E-state index in [0.717, 1.165) is 43.8 Å². The summed E-state index contributed by atoms with van der Waals surface area (Å²) in [5.74, 6) is 1.12. The van der Waals surface area contributed by atoms with Crippen molar-refractivity contribution in [2.24, 2.45) is 5.92 Å². The van der Waals surface area contributed by atoms with E-state index in [9.17, 15) is 9.18 Å². The summed E-state index contributed by atoms with van der Waals surface area (Å²) >= 11 is 0. The Bertz CT molecular complexity index is 827. The van der Waals surface area contributed by atoms with Crippen LogP contribution in [0.3, 0.4) is 0 Å². The average molecular weight is 383 g/mol. The second kappa shape index (κ2) is 8.19. The van der Waals surface area contributed by atoms with Gasteiger partial charge in [-0.15, -0.1) is 0 Å². The number of hydrogen-bond acceptors (Lipinski definition) is 3. The predicted molar refractivity (Wildman–Crippen MR) is 107 cm³/mol. The van der Waals surface area contributed by atoms with E-state index in [1.807, 2.05) is 23.2 Å². The lowest BCUT2D eigenvalue weighted by Crippen LogP contribution is -2.50. The van der Waals surface area contributed by atoms with Gasteiger partial charge in [0.15, 0.2) is 0 Å². The molecule has 2 fully saturated rings. The van der Waals surface area contributed by atoms with Crippen molar-refractivity contribution < 1.29 is 13.9 Å². The van der Waals surface area contributed by atoms with Crippen molar-refractivity contribution in [2.75, 3.05) is 38.2 Å². The highest BCUT2D eigenvalue weighted by Crippen LogP contribution is 2.28. The number of hydrazine groups is 1. The number of urea groups is 1. The summed E-state index contributed by atoms with van der Waals surface area (Å²) in [6.45, 7) is 3.04. The Morgan fingerprint density at radius 2 is 1.86 bits per heavy atom. The lowest BCUT2D eigenvalue weighted by molar-refractivity contribution is -0.00410. The molecule has 0 spiro atoms. The van der Waals surface area contributed by atoms with Crippen LogP contribution in [0.25, 0.3) is 0 Å². The molecule has 0 aliphatic carbocycles. The number of nitrogens with zero attached hydrogens (tertiary/aromatic N) is 3. The monoisotopic (exact) mass is 383 g/mol.